The van der Waals surface area contributed by atoms with Crippen molar-refractivity contribution in [3.63, 3.8) is 0 Å². The molecule has 0 amide bonds. The van der Waals surface area contributed by atoms with Gasteiger partial charge in [0, 0.05) is 25.3 Å². The first-order valence-electron chi connectivity index (χ1n) is 6.05. The van der Waals surface area contributed by atoms with Crippen LogP contribution in [0, 0.1) is 16.0 Å². The van der Waals surface area contributed by atoms with E-state index in [1.54, 1.807) is 0 Å². The summed E-state index contributed by atoms with van der Waals surface area (Å²) >= 11 is 0. The van der Waals surface area contributed by atoms with E-state index >= 15 is 0 Å². The minimum Gasteiger partial charge on any atom is -0.481 e. The first-order chi connectivity index (χ1) is 9.04. The lowest BCUT2D eigenvalue weighted by Gasteiger charge is -2.09. The summed E-state index contributed by atoms with van der Waals surface area (Å²) in [6.07, 6.45) is 0. The summed E-state index contributed by atoms with van der Waals surface area (Å²) in [6.45, 7) is 5.70. The lowest BCUT2D eigenvalue weighted by molar-refractivity contribution is -0.384. The van der Waals surface area contributed by atoms with Gasteiger partial charge >= 0.3 is 5.69 Å². The van der Waals surface area contributed by atoms with Crippen LogP contribution in [0.1, 0.15) is 13.8 Å². The van der Waals surface area contributed by atoms with Crippen molar-refractivity contribution in [3.8, 4) is 5.88 Å². The highest BCUT2D eigenvalue weighted by Crippen LogP contribution is 2.24. The molecular formula is C12H19N3O4. The van der Waals surface area contributed by atoms with Crippen LogP contribution >= 0.6 is 0 Å². The van der Waals surface area contributed by atoms with Crippen molar-refractivity contribution in [2.24, 2.45) is 5.92 Å². The molecule has 0 radical (unpaired) electrons. The van der Waals surface area contributed by atoms with Gasteiger partial charge in [0.1, 0.15) is 0 Å². The summed E-state index contributed by atoms with van der Waals surface area (Å²) in [4.78, 5) is 14.4. The second-order valence-electron chi connectivity index (χ2n) is 4.37. The molecular weight excluding hydrogens is 250 g/mol. The lowest BCUT2D eigenvalue weighted by atomic mass is 10.2. The van der Waals surface area contributed by atoms with Gasteiger partial charge in [-0.1, -0.05) is 13.8 Å². The maximum Gasteiger partial charge on any atom is 0.311 e. The monoisotopic (exact) mass is 269 g/mol. The minimum atomic E-state index is -0.482. The van der Waals surface area contributed by atoms with Crippen LogP contribution in [0.25, 0.3) is 0 Å². The Labute approximate surface area is 112 Å². The number of nitrogens with one attached hydrogen (secondary N) is 1. The van der Waals surface area contributed by atoms with Gasteiger partial charge in [-0.3, -0.25) is 10.1 Å². The number of nitro groups is 1. The molecule has 0 aromatic carbocycles. The number of hydrogen-bond acceptors (Lipinski definition) is 6. The summed E-state index contributed by atoms with van der Waals surface area (Å²) in [5, 5.41) is 13.7. The average molecular weight is 269 g/mol. The van der Waals surface area contributed by atoms with Crippen molar-refractivity contribution in [1.29, 1.82) is 0 Å². The molecule has 0 aliphatic carbocycles. The third-order valence-corrected chi connectivity index (χ3v) is 2.24. The van der Waals surface area contributed by atoms with Crippen LogP contribution in [0.2, 0.25) is 0 Å². The van der Waals surface area contributed by atoms with Crippen LogP contribution in [0.4, 0.5) is 11.5 Å². The van der Waals surface area contributed by atoms with Crippen molar-refractivity contribution in [2.75, 3.05) is 32.2 Å². The molecule has 0 saturated carbocycles. The molecule has 1 aromatic rings. The predicted octanol–water partition coefficient (Wildman–Crippen LogP) is 2.08. The molecule has 0 aliphatic rings. The van der Waals surface area contributed by atoms with E-state index in [-0.39, 0.29) is 11.5 Å². The van der Waals surface area contributed by atoms with E-state index in [0.717, 1.165) is 0 Å². The number of hydrogen-bond donors (Lipinski definition) is 1. The van der Waals surface area contributed by atoms with Gasteiger partial charge in [-0.25, -0.2) is 0 Å². The van der Waals surface area contributed by atoms with E-state index < -0.39 is 4.92 Å². The molecule has 19 heavy (non-hydrogen) atoms. The van der Waals surface area contributed by atoms with Crippen molar-refractivity contribution in [2.45, 2.75) is 13.8 Å². The molecule has 106 valence electrons. The van der Waals surface area contributed by atoms with Crippen LogP contribution < -0.4 is 10.1 Å². The van der Waals surface area contributed by atoms with Crippen molar-refractivity contribution in [3.05, 3.63) is 22.2 Å². The summed E-state index contributed by atoms with van der Waals surface area (Å²) in [5.74, 6) is 0.984. The van der Waals surface area contributed by atoms with Crippen molar-refractivity contribution >= 4 is 11.5 Å². The standard InChI is InChI=1S/C12H19N3O4/c1-9(2)8-19-7-6-13-12-10(15(16)17)4-5-11(14-12)18-3/h4-5,9H,6-8H2,1-3H3,(H,13,14). The molecule has 0 aliphatic heterocycles. The largest absolute Gasteiger partial charge is 0.481 e. The smallest absolute Gasteiger partial charge is 0.311 e. The highest BCUT2D eigenvalue weighted by molar-refractivity contribution is 5.56. The van der Waals surface area contributed by atoms with E-state index in [0.29, 0.717) is 31.6 Å². The van der Waals surface area contributed by atoms with Crippen LogP contribution in [0.3, 0.4) is 0 Å². The first-order valence-corrected chi connectivity index (χ1v) is 6.05. The van der Waals surface area contributed by atoms with E-state index in [4.69, 9.17) is 9.47 Å². The maximum atomic E-state index is 10.9. The fourth-order valence-electron chi connectivity index (χ4n) is 1.39. The topological polar surface area (TPSA) is 86.5 Å². The number of anilines is 1. The van der Waals surface area contributed by atoms with Crippen LogP contribution in [0.15, 0.2) is 12.1 Å². The van der Waals surface area contributed by atoms with Crippen LogP contribution in [0.5, 0.6) is 5.88 Å². The summed E-state index contributed by atoms with van der Waals surface area (Å²) < 4.78 is 10.3. The van der Waals surface area contributed by atoms with E-state index in [1.165, 1.54) is 19.2 Å². The number of ether oxygens (including phenoxy) is 2. The molecule has 7 nitrogen and oxygen atoms in total. The zero-order chi connectivity index (χ0) is 14.3. The molecule has 1 aromatic heterocycles. The minimum absolute atomic E-state index is 0.0790. The molecule has 0 saturated heterocycles. The van der Waals surface area contributed by atoms with Gasteiger partial charge in [-0.15, -0.1) is 0 Å². The Bertz CT molecular complexity index is 423. The fraction of sp³-hybridized carbons (Fsp3) is 0.583. The third-order valence-electron chi connectivity index (χ3n) is 2.24. The van der Waals surface area contributed by atoms with Crippen molar-refractivity contribution in [1.82, 2.24) is 4.98 Å². The van der Waals surface area contributed by atoms with E-state index in [2.05, 4.69) is 24.1 Å². The molecule has 1 heterocycles. The number of pyridine rings is 1. The second kappa shape index (κ2) is 7.52. The number of nitrogens with zero attached hydrogens (tertiary/aromatic N) is 2. The van der Waals surface area contributed by atoms with Gasteiger partial charge in [-0.2, -0.15) is 4.98 Å². The quantitative estimate of drug-likeness (QED) is 0.441. The molecule has 7 heteroatoms. The van der Waals surface area contributed by atoms with E-state index in [9.17, 15) is 10.1 Å². The number of aromatic nitrogens is 1. The highest BCUT2D eigenvalue weighted by atomic mass is 16.6. The molecule has 0 unspecified atom stereocenters. The van der Waals surface area contributed by atoms with Gasteiger partial charge in [0.15, 0.2) is 0 Å². The molecule has 0 atom stereocenters. The van der Waals surface area contributed by atoms with Gasteiger partial charge in [0.2, 0.25) is 11.7 Å². The SMILES string of the molecule is COc1ccc([N+](=O)[O-])c(NCCOCC(C)C)n1. The van der Waals surface area contributed by atoms with E-state index in [1.807, 2.05) is 0 Å². The zero-order valence-corrected chi connectivity index (χ0v) is 11.4. The Morgan fingerprint density at radius 3 is 2.79 bits per heavy atom. The van der Waals surface area contributed by atoms with Gasteiger partial charge < -0.3 is 14.8 Å². The van der Waals surface area contributed by atoms with Gasteiger partial charge in [0.05, 0.1) is 18.6 Å². The van der Waals surface area contributed by atoms with Crippen molar-refractivity contribution < 1.29 is 14.4 Å². The molecule has 1 N–H and O–H groups in total. The lowest BCUT2D eigenvalue weighted by Crippen LogP contribution is -2.14. The predicted molar refractivity (Wildman–Crippen MR) is 71.6 cm³/mol. The maximum absolute atomic E-state index is 10.9. The normalized spacial score (nSPS) is 10.5. The average Bonchev–Trinajstić information content (AvgIpc) is 2.37. The van der Waals surface area contributed by atoms with Gasteiger partial charge in [0.25, 0.3) is 0 Å². The fourth-order valence-corrected chi connectivity index (χ4v) is 1.39. The summed E-state index contributed by atoms with van der Waals surface area (Å²) in [7, 11) is 1.46. The number of methoxy groups -OCH3 is 1. The first kappa shape index (κ1) is 15.2. The van der Waals surface area contributed by atoms with Crippen LogP contribution in [-0.4, -0.2) is 36.8 Å². The molecule has 0 fully saturated rings. The van der Waals surface area contributed by atoms with Gasteiger partial charge in [-0.05, 0) is 5.92 Å². The molecule has 1 rings (SSSR count). The Morgan fingerprint density at radius 1 is 1.47 bits per heavy atom. The highest BCUT2D eigenvalue weighted by Gasteiger charge is 2.15. The Morgan fingerprint density at radius 2 is 2.21 bits per heavy atom. The van der Waals surface area contributed by atoms with Crippen LogP contribution in [-0.2, 0) is 4.74 Å². The Balaban J connectivity index is 2.57. The number of rotatable bonds is 8. The third kappa shape index (κ3) is 5.09. The Kier molecular flexibility index (Phi) is 6.01. The summed E-state index contributed by atoms with van der Waals surface area (Å²) in [6, 6.07) is 2.82. The Hall–Kier alpha value is -1.89. The summed E-state index contributed by atoms with van der Waals surface area (Å²) in [5.41, 5.74) is -0.0790. The second-order valence-corrected chi connectivity index (χ2v) is 4.37. The molecule has 0 bridgehead atoms. The molecule has 0 spiro atoms. The zero-order valence-electron chi connectivity index (χ0n) is 11.4.